The molecule has 17 heavy (non-hydrogen) atoms. The highest BCUT2D eigenvalue weighted by atomic mass is 16.5. The van der Waals surface area contributed by atoms with Gasteiger partial charge >= 0.3 is 0 Å². The monoisotopic (exact) mass is 236 g/mol. The number of carbonyl (C=O) groups excluding carboxylic acids is 1. The molecule has 92 valence electrons. The molecular formula is C12H16N2O3. The van der Waals surface area contributed by atoms with Gasteiger partial charge in [0.15, 0.2) is 0 Å². The number of anilines is 1. The van der Waals surface area contributed by atoms with E-state index in [2.05, 4.69) is 0 Å². The van der Waals surface area contributed by atoms with Crippen molar-refractivity contribution in [1.29, 1.82) is 0 Å². The van der Waals surface area contributed by atoms with Crippen molar-refractivity contribution in [3.05, 3.63) is 24.3 Å². The third-order valence-corrected chi connectivity index (χ3v) is 2.78. The first-order valence-electron chi connectivity index (χ1n) is 5.50. The van der Waals surface area contributed by atoms with Gasteiger partial charge in [-0.05, 0) is 24.3 Å². The molecule has 1 fully saturated rings. The van der Waals surface area contributed by atoms with E-state index in [-0.39, 0.29) is 18.6 Å². The molecule has 1 aromatic rings. The van der Waals surface area contributed by atoms with Crippen LogP contribution in [0.4, 0.5) is 5.69 Å². The summed E-state index contributed by atoms with van der Waals surface area (Å²) in [5, 5.41) is 0. The molecule has 0 saturated carbocycles. The number of rotatable bonds is 3. The van der Waals surface area contributed by atoms with Crippen molar-refractivity contribution in [1.82, 2.24) is 0 Å². The maximum Gasteiger partial charge on any atom is 0.253 e. The van der Waals surface area contributed by atoms with Crippen LogP contribution in [0.2, 0.25) is 0 Å². The van der Waals surface area contributed by atoms with Crippen molar-refractivity contribution < 1.29 is 14.3 Å². The van der Waals surface area contributed by atoms with E-state index in [1.807, 2.05) is 24.3 Å². The Morgan fingerprint density at radius 3 is 2.76 bits per heavy atom. The van der Waals surface area contributed by atoms with Crippen LogP contribution in [0.3, 0.4) is 0 Å². The van der Waals surface area contributed by atoms with Gasteiger partial charge in [0.1, 0.15) is 12.4 Å². The van der Waals surface area contributed by atoms with E-state index in [4.69, 9.17) is 15.2 Å². The zero-order valence-electron chi connectivity index (χ0n) is 9.76. The third-order valence-electron chi connectivity index (χ3n) is 2.78. The second-order valence-electron chi connectivity index (χ2n) is 3.87. The minimum absolute atomic E-state index is 0.0418. The summed E-state index contributed by atoms with van der Waals surface area (Å²) in [4.78, 5) is 13.4. The molecule has 0 aliphatic carbocycles. The van der Waals surface area contributed by atoms with Crippen LogP contribution in [0.25, 0.3) is 0 Å². The van der Waals surface area contributed by atoms with Crippen LogP contribution in [0.1, 0.15) is 0 Å². The zero-order valence-corrected chi connectivity index (χ0v) is 9.76. The molecule has 1 unspecified atom stereocenters. The lowest BCUT2D eigenvalue weighted by Crippen LogP contribution is -2.49. The maximum atomic E-state index is 11.7. The molecule has 1 saturated heterocycles. The third kappa shape index (κ3) is 2.57. The van der Waals surface area contributed by atoms with Crippen molar-refractivity contribution in [3.63, 3.8) is 0 Å². The van der Waals surface area contributed by atoms with Gasteiger partial charge in [-0.3, -0.25) is 4.79 Å². The summed E-state index contributed by atoms with van der Waals surface area (Å²) in [5.41, 5.74) is 6.40. The lowest BCUT2D eigenvalue weighted by Gasteiger charge is -2.32. The van der Waals surface area contributed by atoms with Crippen LogP contribution in [-0.2, 0) is 9.53 Å². The van der Waals surface area contributed by atoms with E-state index in [0.29, 0.717) is 13.1 Å². The van der Waals surface area contributed by atoms with Crippen molar-refractivity contribution in [2.45, 2.75) is 6.10 Å². The zero-order chi connectivity index (χ0) is 12.3. The van der Waals surface area contributed by atoms with Crippen LogP contribution >= 0.6 is 0 Å². The van der Waals surface area contributed by atoms with E-state index in [1.54, 1.807) is 12.0 Å². The summed E-state index contributed by atoms with van der Waals surface area (Å²) in [6, 6.07) is 7.37. The van der Waals surface area contributed by atoms with Crippen molar-refractivity contribution in [2.75, 3.05) is 31.7 Å². The summed E-state index contributed by atoms with van der Waals surface area (Å²) in [6.07, 6.45) is -0.0881. The van der Waals surface area contributed by atoms with Gasteiger partial charge in [0.05, 0.1) is 19.8 Å². The number of carbonyl (C=O) groups is 1. The highest BCUT2D eigenvalue weighted by Gasteiger charge is 2.26. The molecule has 0 bridgehead atoms. The molecule has 0 radical (unpaired) electrons. The normalized spacial score (nSPS) is 20.5. The number of ether oxygens (including phenoxy) is 2. The molecule has 0 spiro atoms. The number of nitrogens with zero attached hydrogens (tertiary/aromatic N) is 1. The summed E-state index contributed by atoms with van der Waals surface area (Å²) in [6.45, 7) is 1.01. The topological polar surface area (TPSA) is 64.8 Å². The average molecular weight is 236 g/mol. The van der Waals surface area contributed by atoms with E-state index in [1.165, 1.54) is 0 Å². The standard InChI is InChI=1S/C12H16N2O3/c1-16-10-4-2-9(3-5-10)14-7-11(6-13)17-8-12(14)15/h2-5,11H,6-8,13H2,1H3. The predicted octanol–water partition coefficient (Wildman–Crippen LogP) is 0.386. The minimum Gasteiger partial charge on any atom is -0.497 e. The molecule has 1 aliphatic rings. The van der Waals surface area contributed by atoms with Crippen LogP contribution < -0.4 is 15.4 Å². The smallest absolute Gasteiger partial charge is 0.253 e. The number of methoxy groups -OCH3 is 1. The first-order valence-corrected chi connectivity index (χ1v) is 5.50. The van der Waals surface area contributed by atoms with Crippen LogP contribution in [0.5, 0.6) is 5.75 Å². The average Bonchev–Trinajstić information content (AvgIpc) is 2.39. The fourth-order valence-corrected chi connectivity index (χ4v) is 1.78. The van der Waals surface area contributed by atoms with Crippen LogP contribution in [0.15, 0.2) is 24.3 Å². The number of benzene rings is 1. The number of nitrogens with two attached hydrogens (primary N) is 1. The molecule has 1 atom stereocenters. The SMILES string of the molecule is COc1ccc(N2CC(CN)OCC2=O)cc1. The van der Waals surface area contributed by atoms with Gasteiger partial charge in [0.2, 0.25) is 0 Å². The second kappa shape index (κ2) is 5.16. The van der Waals surface area contributed by atoms with E-state index >= 15 is 0 Å². The Balaban J connectivity index is 2.15. The van der Waals surface area contributed by atoms with Gasteiger partial charge in [0.25, 0.3) is 5.91 Å². The number of morpholine rings is 1. The first-order chi connectivity index (χ1) is 8.24. The maximum absolute atomic E-state index is 11.7. The molecule has 1 aliphatic heterocycles. The van der Waals surface area contributed by atoms with Gasteiger partial charge in [-0.2, -0.15) is 0 Å². The number of amides is 1. The highest BCUT2D eigenvalue weighted by Crippen LogP contribution is 2.21. The Morgan fingerprint density at radius 1 is 1.47 bits per heavy atom. The van der Waals surface area contributed by atoms with Crippen LogP contribution in [0, 0.1) is 0 Å². The molecule has 1 amide bonds. The fourth-order valence-electron chi connectivity index (χ4n) is 1.78. The Bertz CT molecular complexity index is 391. The summed E-state index contributed by atoms with van der Waals surface area (Å²) in [5.74, 6) is 0.727. The molecule has 2 N–H and O–H groups in total. The van der Waals surface area contributed by atoms with Crippen molar-refractivity contribution in [3.8, 4) is 5.75 Å². The summed E-state index contributed by atoms with van der Waals surface area (Å²) < 4.78 is 10.4. The van der Waals surface area contributed by atoms with E-state index in [0.717, 1.165) is 11.4 Å². The highest BCUT2D eigenvalue weighted by molar-refractivity contribution is 5.95. The molecule has 5 heteroatoms. The largest absolute Gasteiger partial charge is 0.497 e. The molecule has 0 aromatic heterocycles. The predicted molar refractivity (Wildman–Crippen MR) is 64.1 cm³/mol. The van der Waals surface area contributed by atoms with E-state index in [9.17, 15) is 4.79 Å². The second-order valence-corrected chi connectivity index (χ2v) is 3.87. The van der Waals surface area contributed by atoms with Gasteiger partial charge in [-0.25, -0.2) is 0 Å². The van der Waals surface area contributed by atoms with Crippen molar-refractivity contribution >= 4 is 11.6 Å². The quantitative estimate of drug-likeness (QED) is 0.824. The van der Waals surface area contributed by atoms with E-state index < -0.39 is 0 Å². The van der Waals surface area contributed by atoms with Gasteiger partial charge in [-0.1, -0.05) is 0 Å². The molecule has 1 heterocycles. The minimum atomic E-state index is -0.0881. The Kier molecular flexibility index (Phi) is 3.61. The van der Waals surface area contributed by atoms with Gasteiger partial charge in [-0.15, -0.1) is 0 Å². The molecule has 5 nitrogen and oxygen atoms in total. The Labute approximate surface area is 100 Å². The summed E-state index contributed by atoms with van der Waals surface area (Å²) in [7, 11) is 1.61. The fraction of sp³-hybridized carbons (Fsp3) is 0.417. The van der Waals surface area contributed by atoms with Crippen LogP contribution in [-0.4, -0.2) is 38.8 Å². The number of hydrogen-bond acceptors (Lipinski definition) is 4. The lowest BCUT2D eigenvalue weighted by molar-refractivity contribution is -0.128. The first kappa shape index (κ1) is 11.9. The van der Waals surface area contributed by atoms with Gasteiger partial charge in [0, 0.05) is 12.2 Å². The lowest BCUT2D eigenvalue weighted by atomic mass is 10.2. The number of hydrogen-bond donors (Lipinski definition) is 1. The molecule has 1 aromatic carbocycles. The molecule has 2 rings (SSSR count). The Hall–Kier alpha value is -1.59. The molecular weight excluding hydrogens is 220 g/mol. The Morgan fingerprint density at radius 2 is 2.18 bits per heavy atom. The van der Waals surface area contributed by atoms with Crippen molar-refractivity contribution in [2.24, 2.45) is 5.73 Å². The van der Waals surface area contributed by atoms with Gasteiger partial charge < -0.3 is 20.1 Å². The summed E-state index contributed by atoms with van der Waals surface area (Å²) >= 11 is 0.